The Morgan fingerprint density at radius 1 is 0.536 bits per heavy atom. The van der Waals surface area contributed by atoms with Crippen LogP contribution in [0.3, 0.4) is 0 Å². The fraction of sp³-hybridized carbons (Fsp3) is 1.00. The van der Waals surface area contributed by atoms with E-state index >= 15 is 0 Å². The Morgan fingerprint density at radius 2 is 0.893 bits per heavy atom. The lowest BCUT2D eigenvalue weighted by molar-refractivity contribution is -0.216. The van der Waals surface area contributed by atoms with Crippen LogP contribution in [0.2, 0.25) is 0 Å². The first kappa shape index (κ1) is 22.4. The molecule has 8 heteroatoms. The number of ether oxygens (including phenoxy) is 2. The number of aliphatic hydroxyl groups excluding tert-OH is 6. The molecule has 0 unspecified atom stereocenters. The molecule has 6 rings (SSSR count). The quantitative estimate of drug-likeness (QED) is 0.356. The van der Waals surface area contributed by atoms with Gasteiger partial charge in [-0.25, -0.2) is 0 Å². The Bertz CT molecular complexity index is 431. The van der Waals surface area contributed by atoms with Gasteiger partial charge in [0.25, 0.3) is 0 Å². The lowest BCUT2D eigenvalue weighted by Gasteiger charge is -2.44. The van der Waals surface area contributed by atoms with Crippen molar-refractivity contribution >= 4 is 0 Å². The molecule has 6 aliphatic rings. The molecule has 0 amide bonds. The van der Waals surface area contributed by atoms with Crippen LogP contribution in [0.5, 0.6) is 0 Å². The highest BCUT2D eigenvalue weighted by atomic mass is 16.5. The highest BCUT2D eigenvalue weighted by molar-refractivity contribution is 4.94. The fourth-order valence-corrected chi connectivity index (χ4v) is 5.20. The van der Waals surface area contributed by atoms with Gasteiger partial charge in [-0.1, -0.05) is 25.7 Å². The van der Waals surface area contributed by atoms with E-state index in [9.17, 15) is 30.6 Å². The van der Waals surface area contributed by atoms with Gasteiger partial charge in [-0.3, -0.25) is 0 Å². The Kier molecular flexibility index (Phi) is 8.09. The first-order chi connectivity index (χ1) is 13.5. The van der Waals surface area contributed by atoms with Crippen LogP contribution in [0, 0.1) is 11.8 Å². The standard InChI is InChI=1S/C20H36O8/c21-9-15-11-5-1-2-6-12-16(10-22)28-14(20(26)18(12)24)8-4-3-7-13(27-15)19(25)17(11)23/h11-26H,1-10H2/t11-,12-,13-,14-,15-,16-,17+,18+,19-,20-/m1/s1. The Balaban J connectivity index is 1.73. The molecule has 4 bridgehead atoms. The first-order valence-electron chi connectivity index (χ1n) is 10.7. The van der Waals surface area contributed by atoms with Crippen LogP contribution in [-0.4, -0.2) is 92.7 Å². The van der Waals surface area contributed by atoms with Crippen molar-refractivity contribution in [3.63, 3.8) is 0 Å². The maximum atomic E-state index is 10.6. The van der Waals surface area contributed by atoms with Gasteiger partial charge in [-0.05, 0) is 25.7 Å². The number of aliphatic hydroxyl groups is 6. The van der Waals surface area contributed by atoms with E-state index in [-0.39, 0.29) is 25.0 Å². The molecule has 0 aromatic rings. The highest BCUT2D eigenvalue weighted by Gasteiger charge is 2.45. The van der Waals surface area contributed by atoms with Gasteiger partial charge in [0.15, 0.2) is 0 Å². The highest BCUT2D eigenvalue weighted by Crippen LogP contribution is 2.35. The molecule has 1 saturated carbocycles. The van der Waals surface area contributed by atoms with Crippen molar-refractivity contribution in [3.8, 4) is 0 Å². The molecular formula is C20H36O8. The minimum Gasteiger partial charge on any atom is -0.394 e. The van der Waals surface area contributed by atoms with Crippen molar-refractivity contribution in [3.05, 3.63) is 0 Å². The molecule has 0 aromatic carbocycles. The molecule has 6 fully saturated rings. The Hall–Kier alpha value is -0.320. The molecular weight excluding hydrogens is 368 g/mol. The number of rotatable bonds is 2. The van der Waals surface area contributed by atoms with Gasteiger partial charge in [0.2, 0.25) is 0 Å². The summed E-state index contributed by atoms with van der Waals surface area (Å²) in [6.07, 6.45) is -0.854. The third-order valence-electron chi connectivity index (χ3n) is 6.91. The van der Waals surface area contributed by atoms with Crippen molar-refractivity contribution in [2.24, 2.45) is 11.8 Å². The summed E-state index contributed by atoms with van der Waals surface area (Å²) in [7, 11) is 0. The van der Waals surface area contributed by atoms with E-state index in [1.165, 1.54) is 0 Å². The summed E-state index contributed by atoms with van der Waals surface area (Å²) in [4.78, 5) is 0. The topological polar surface area (TPSA) is 140 Å². The summed E-state index contributed by atoms with van der Waals surface area (Å²) in [6, 6.07) is 0. The monoisotopic (exact) mass is 404 g/mol. The molecule has 6 N–H and O–H groups in total. The van der Waals surface area contributed by atoms with Crippen molar-refractivity contribution in [1.29, 1.82) is 0 Å². The van der Waals surface area contributed by atoms with Gasteiger partial charge in [0.1, 0.15) is 12.2 Å². The average Bonchev–Trinajstić information content (AvgIpc) is 2.69. The van der Waals surface area contributed by atoms with Crippen LogP contribution >= 0.6 is 0 Å². The largest absolute Gasteiger partial charge is 0.394 e. The van der Waals surface area contributed by atoms with Crippen LogP contribution in [0.4, 0.5) is 0 Å². The van der Waals surface area contributed by atoms with Gasteiger partial charge >= 0.3 is 0 Å². The van der Waals surface area contributed by atoms with Gasteiger partial charge < -0.3 is 40.1 Å². The van der Waals surface area contributed by atoms with E-state index < -0.39 is 48.8 Å². The van der Waals surface area contributed by atoms with Crippen molar-refractivity contribution < 1.29 is 40.1 Å². The van der Waals surface area contributed by atoms with Gasteiger partial charge in [-0.2, -0.15) is 0 Å². The Morgan fingerprint density at radius 3 is 1.25 bits per heavy atom. The van der Waals surface area contributed by atoms with Crippen molar-refractivity contribution in [2.75, 3.05) is 13.2 Å². The van der Waals surface area contributed by atoms with E-state index in [2.05, 4.69) is 0 Å². The molecule has 5 aliphatic heterocycles. The van der Waals surface area contributed by atoms with E-state index in [0.29, 0.717) is 51.4 Å². The minimum atomic E-state index is -0.973. The maximum Gasteiger partial charge on any atom is 0.106 e. The molecule has 5 heterocycles. The molecule has 0 aromatic heterocycles. The van der Waals surface area contributed by atoms with Crippen molar-refractivity contribution in [1.82, 2.24) is 0 Å². The van der Waals surface area contributed by atoms with Crippen LogP contribution in [-0.2, 0) is 9.47 Å². The second-order valence-electron chi connectivity index (χ2n) is 8.65. The molecule has 164 valence electrons. The van der Waals surface area contributed by atoms with Crippen LogP contribution in [0.15, 0.2) is 0 Å². The Labute approximate surface area is 166 Å². The first-order valence-corrected chi connectivity index (χ1v) is 10.7. The number of hydrogen-bond acceptors (Lipinski definition) is 8. The SMILES string of the molecule is OC[C@H]1O[C@@H]2CCCC[C@H]3O[C@H](CO)[C@@H](CCCC[C@H]1[C@H](O)[C@@H]2O)[C@H](O)[C@@H]3O. The van der Waals surface area contributed by atoms with E-state index in [1.807, 2.05) is 0 Å². The number of hydrogen-bond donors (Lipinski definition) is 6. The van der Waals surface area contributed by atoms with Gasteiger partial charge in [-0.15, -0.1) is 0 Å². The predicted molar refractivity (Wildman–Crippen MR) is 99.4 cm³/mol. The zero-order valence-electron chi connectivity index (χ0n) is 16.3. The summed E-state index contributed by atoms with van der Waals surface area (Å²) < 4.78 is 11.8. The van der Waals surface area contributed by atoms with E-state index in [4.69, 9.17) is 9.47 Å². The third kappa shape index (κ3) is 4.70. The molecule has 10 atom stereocenters. The predicted octanol–water partition coefficient (Wildman–Crippen LogP) is -0.684. The zero-order chi connectivity index (χ0) is 20.3. The molecule has 0 radical (unpaired) electrons. The van der Waals surface area contributed by atoms with Crippen LogP contribution < -0.4 is 0 Å². The van der Waals surface area contributed by atoms with Crippen LogP contribution in [0.1, 0.15) is 51.4 Å². The van der Waals surface area contributed by atoms with E-state index in [0.717, 1.165) is 0 Å². The summed E-state index contributed by atoms with van der Waals surface area (Å²) in [5.74, 6) is -0.694. The van der Waals surface area contributed by atoms with Gasteiger partial charge in [0.05, 0.1) is 49.8 Å². The minimum absolute atomic E-state index is 0.193. The van der Waals surface area contributed by atoms with Gasteiger partial charge in [0, 0.05) is 11.8 Å². The van der Waals surface area contributed by atoms with Crippen LogP contribution in [0.25, 0.3) is 0 Å². The maximum absolute atomic E-state index is 10.6. The lowest BCUT2D eigenvalue weighted by atomic mass is 9.79. The second kappa shape index (κ2) is 10.1. The molecule has 5 saturated heterocycles. The average molecular weight is 405 g/mol. The summed E-state index contributed by atoms with van der Waals surface area (Å²) in [6.45, 7) is -0.387. The van der Waals surface area contributed by atoms with E-state index in [1.54, 1.807) is 0 Å². The molecule has 8 nitrogen and oxygen atoms in total. The smallest absolute Gasteiger partial charge is 0.106 e. The summed E-state index contributed by atoms with van der Waals surface area (Å²) >= 11 is 0. The third-order valence-corrected chi connectivity index (χ3v) is 6.91. The molecule has 28 heavy (non-hydrogen) atoms. The lowest BCUT2D eigenvalue weighted by Crippen LogP contribution is -2.56. The fourth-order valence-electron chi connectivity index (χ4n) is 5.20. The zero-order valence-corrected chi connectivity index (χ0v) is 16.3. The normalized spacial score (nSPS) is 48.6. The summed E-state index contributed by atoms with van der Waals surface area (Å²) in [5, 5.41) is 61.5. The summed E-state index contributed by atoms with van der Waals surface area (Å²) in [5.41, 5.74) is 0. The van der Waals surface area contributed by atoms with Crippen molar-refractivity contribution in [2.45, 2.75) is 100 Å². The molecule has 1 aliphatic carbocycles. The second-order valence-corrected chi connectivity index (χ2v) is 8.65. The molecule has 0 spiro atoms.